The normalized spacial score (nSPS) is 19.7. The Bertz CT molecular complexity index is 1060. The lowest BCUT2D eigenvalue weighted by atomic mass is 9.91. The largest absolute Gasteiger partial charge is 0.481 e. The van der Waals surface area contributed by atoms with Crippen LogP contribution in [-0.4, -0.2) is 84.1 Å². The Kier molecular flexibility index (Phi) is 8.44. The van der Waals surface area contributed by atoms with E-state index >= 15 is 4.39 Å². The maximum absolute atomic E-state index is 15.1. The molecular weight excluding hydrogens is 459 g/mol. The maximum atomic E-state index is 15.1. The van der Waals surface area contributed by atoms with Gasteiger partial charge in [0.1, 0.15) is 11.4 Å². The molecule has 0 bridgehead atoms. The number of fused-ring (bicyclic) bond motifs is 1. The number of pyridine rings is 2. The lowest BCUT2D eigenvalue weighted by Gasteiger charge is -2.37. The van der Waals surface area contributed by atoms with Crippen LogP contribution in [0.5, 0.6) is 5.88 Å². The van der Waals surface area contributed by atoms with Crippen molar-refractivity contribution >= 4 is 23.1 Å². The first-order valence-electron chi connectivity index (χ1n) is 11.5. The molecule has 1 aliphatic rings. The zero-order valence-corrected chi connectivity index (χ0v) is 20.7. The molecule has 3 heterocycles. The van der Waals surface area contributed by atoms with E-state index in [1.165, 1.54) is 14.2 Å². The first-order chi connectivity index (χ1) is 16.5. The summed E-state index contributed by atoms with van der Waals surface area (Å²) in [5.74, 6) is -2.31. The number of alkyl carbamates (subject to hydrolysis) is 1. The van der Waals surface area contributed by atoms with Gasteiger partial charge in [-0.15, -0.1) is 0 Å². The lowest BCUT2D eigenvalue weighted by Crippen LogP contribution is -2.49. The van der Waals surface area contributed by atoms with Gasteiger partial charge in [-0.3, -0.25) is 9.78 Å². The molecule has 11 heteroatoms. The first kappa shape index (κ1) is 26.6. The molecule has 1 saturated heterocycles. The number of ether oxygens (including phenoxy) is 3. The van der Waals surface area contributed by atoms with E-state index in [2.05, 4.69) is 15.3 Å². The summed E-state index contributed by atoms with van der Waals surface area (Å²) in [6.45, 7) is 6.50. The molecule has 0 spiro atoms. The summed E-state index contributed by atoms with van der Waals surface area (Å²) < 4.78 is 30.5. The van der Waals surface area contributed by atoms with E-state index in [1.807, 2.05) is 4.90 Å². The van der Waals surface area contributed by atoms with Crippen molar-refractivity contribution in [2.45, 2.75) is 44.8 Å². The second-order valence-electron chi connectivity index (χ2n) is 9.58. The van der Waals surface area contributed by atoms with Gasteiger partial charge in [0.05, 0.1) is 43.5 Å². The molecule has 2 N–H and O–H groups in total. The van der Waals surface area contributed by atoms with E-state index in [0.717, 1.165) is 6.20 Å². The number of hydrogen-bond acceptors (Lipinski definition) is 9. The van der Waals surface area contributed by atoms with Crippen LogP contribution < -0.4 is 10.1 Å². The Morgan fingerprint density at radius 3 is 2.71 bits per heavy atom. The molecule has 1 aliphatic heterocycles. The van der Waals surface area contributed by atoms with Crippen LogP contribution in [0.1, 0.15) is 38.7 Å². The van der Waals surface area contributed by atoms with Gasteiger partial charge in [-0.25, -0.2) is 14.2 Å². The fourth-order valence-electron chi connectivity index (χ4n) is 4.16. The zero-order chi connectivity index (χ0) is 25.8. The third kappa shape index (κ3) is 6.76. The first-order valence-corrected chi connectivity index (χ1v) is 11.5. The van der Waals surface area contributed by atoms with Crippen molar-refractivity contribution < 1.29 is 33.3 Å². The standard InChI is InChI=1S/C24H33FN4O6/c1-24(2,3)35-23(32)27-10-14-12-29(9-8-18(14)30)13-15(22(31)34-5)20-16(25)11-26-17-6-7-19(33-4)28-21(17)20/h6-7,11,14-15,18,30H,8-10,12-13H2,1-5H3,(H,27,32)/t14-,15?,18+/m0/s1. The van der Waals surface area contributed by atoms with Gasteiger partial charge in [0.15, 0.2) is 0 Å². The number of carbonyl (C=O) groups is 2. The predicted molar refractivity (Wildman–Crippen MR) is 126 cm³/mol. The highest BCUT2D eigenvalue weighted by Crippen LogP contribution is 2.30. The summed E-state index contributed by atoms with van der Waals surface area (Å²) in [5, 5.41) is 13.2. The van der Waals surface area contributed by atoms with Crippen molar-refractivity contribution in [2.24, 2.45) is 5.92 Å². The minimum atomic E-state index is -0.986. The van der Waals surface area contributed by atoms with E-state index < -0.39 is 35.5 Å². The molecule has 3 atom stereocenters. The van der Waals surface area contributed by atoms with E-state index in [9.17, 15) is 14.7 Å². The second-order valence-corrected chi connectivity index (χ2v) is 9.58. The van der Waals surface area contributed by atoms with Crippen molar-refractivity contribution in [3.8, 4) is 5.88 Å². The number of aliphatic hydroxyl groups excluding tert-OH is 1. The Labute approximate surface area is 203 Å². The van der Waals surface area contributed by atoms with Crippen LogP contribution in [0.3, 0.4) is 0 Å². The summed E-state index contributed by atoms with van der Waals surface area (Å²) in [6.07, 6.45) is 0.289. The number of nitrogens with zero attached hydrogens (tertiary/aromatic N) is 3. The van der Waals surface area contributed by atoms with Gasteiger partial charge in [0.2, 0.25) is 5.88 Å². The molecule has 0 radical (unpaired) electrons. The predicted octanol–water partition coefficient (Wildman–Crippen LogP) is 2.24. The molecule has 2 aromatic heterocycles. The molecule has 1 unspecified atom stereocenters. The summed E-state index contributed by atoms with van der Waals surface area (Å²) in [5.41, 5.74) is 0.0863. The molecule has 192 valence electrons. The van der Waals surface area contributed by atoms with Crippen molar-refractivity contribution in [2.75, 3.05) is 40.4 Å². The number of aromatic nitrogens is 2. The van der Waals surface area contributed by atoms with Crippen molar-refractivity contribution in [1.29, 1.82) is 0 Å². The number of esters is 1. The van der Waals surface area contributed by atoms with Crippen LogP contribution in [0.4, 0.5) is 9.18 Å². The third-order valence-corrected chi connectivity index (χ3v) is 5.85. The number of hydrogen-bond donors (Lipinski definition) is 2. The number of rotatable bonds is 7. The summed E-state index contributed by atoms with van der Waals surface area (Å²) in [7, 11) is 2.70. The van der Waals surface area contributed by atoms with Crippen molar-refractivity contribution in [1.82, 2.24) is 20.2 Å². The molecular formula is C24H33FN4O6. The smallest absolute Gasteiger partial charge is 0.407 e. The number of likely N-dealkylation sites (tertiary alicyclic amines) is 1. The Morgan fingerprint density at radius 2 is 2.06 bits per heavy atom. The molecule has 0 aromatic carbocycles. The second kappa shape index (κ2) is 11.1. The monoisotopic (exact) mass is 492 g/mol. The number of piperidine rings is 1. The van der Waals surface area contributed by atoms with E-state index in [4.69, 9.17) is 14.2 Å². The average molecular weight is 493 g/mol. The molecule has 10 nitrogen and oxygen atoms in total. The van der Waals surface area contributed by atoms with Crippen molar-refractivity contribution in [3.05, 3.63) is 29.7 Å². The number of methoxy groups -OCH3 is 2. The maximum Gasteiger partial charge on any atom is 0.407 e. The Morgan fingerprint density at radius 1 is 1.31 bits per heavy atom. The van der Waals surface area contributed by atoms with Crippen molar-refractivity contribution in [3.63, 3.8) is 0 Å². The van der Waals surface area contributed by atoms with Gasteiger partial charge in [0, 0.05) is 43.7 Å². The van der Waals surface area contributed by atoms with Gasteiger partial charge in [-0.05, 0) is 33.3 Å². The van der Waals surface area contributed by atoms with Crippen LogP contribution in [0.25, 0.3) is 11.0 Å². The van der Waals surface area contributed by atoms with Crippen LogP contribution >= 0.6 is 0 Å². The quantitative estimate of drug-likeness (QED) is 0.560. The van der Waals surface area contributed by atoms with Crippen LogP contribution in [0.15, 0.2) is 18.3 Å². The third-order valence-electron chi connectivity index (χ3n) is 5.85. The molecule has 35 heavy (non-hydrogen) atoms. The molecule has 3 rings (SSSR count). The van der Waals surface area contributed by atoms with Crippen LogP contribution in [0.2, 0.25) is 0 Å². The minimum absolute atomic E-state index is 0.0790. The topological polar surface area (TPSA) is 123 Å². The number of nitrogens with one attached hydrogen (secondary N) is 1. The van der Waals surface area contributed by atoms with Gasteiger partial charge >= 0.3 is 12.1 Å². The Balaban J connectivity index is 1.81. The highest BCUT2D eigenvalue weighted by atomic mass is 19.1. The fraction of sp³-hybridized carbons (Fsp3) is 0.583. The SMILES string of the molecule is COC(=O)C(CN1CC[C@@H](O)[C@@H](CNC(=O)OC(C)(C)C)C1)c1c(F)cnc2ccc(OC)nc12. The van der Waals surface area contributed by atoms with Gasteiger partial charge < -0.3 is 29.5 Å². The van der Waals surface area contributed by atoms with E-state index in [0.29, 0.717) is 25.0 Å². The highest BCUT2D eigenvalue weighted by molar-refractivity contribution is 5.87. The van der Waals surface area contributed by atoms with E-state index in [-0.39, 0.29) is 36.0 Å². The van der Waals surface area contributed by atoms with Gasteiger partial charge in [0.25, 0.3) is 0 Å². The number of halogens is 1. The highest BCUT2D eigenvalue weighted by Gasteiger charge is 2.34. The molecule has 2 aromatic rings. The summed E-state index contributed by atoms with van der Waals surface area (Å²) >= 11 is 0. The minimum Gasteiger partial charge on any atom is -0.481 e. The molecule has 1 fully saturated rings. The van der Waals surface area contributed by atoms with Crippen LogP contribution in [-0.2, 0) is 14.3 Å². The zero-order valence-electron chi connectivity index (χ0n) is 20.7. The van der Waals surface area contributed by atoms with Gasteiger partial charge in [-0.2, -0.15) is 0 Å². The average Bonchev–Trinajstić information content (AvgIpc) is 2.81. The summed E-state index contributed by atoms with van der Waals surface area (Å²) in [6, 6.07) is 3.26. The number of aliphatic hydroxyl groups is 1. The molecule has 0 saturated carbocycles. The Hall–Kier alpha value is -3.05. The number of amides is 1. The van der Waals surface area contributed by atoms with E-state index in [1.54, 1.807) is 32.9 Å². The molecule has 0 aliphatic carbocycles. The lowest BCUT2D eigenvalue weighted by molar-refractivity contribution is -0.143. The number of carbonyl (C=O) groups excluding carboxylic acids is 2. The van der Waals surface area contributed by atoms with Gasteiger partial charge in [-0.1, -0.05) is 0 Å². The molecule has 1 amide bonds. The fourth-order valence-corrected chi connectivity index (χ4v) is 4.16. The van der Waals surface area contributed by atoms with Crippen LogP contribution in [0, 0.1) is 11.7 Å². The summed E-state index contributed by atoms with van der Waals surface area (Å²) in [4.78, 5) is 35.2.